The van der Waals surface area contributed by atoms with Gasteiger partial charge < -0.3 is 9.64 Å². The van der Waals surface area contributed by atoms with Gasteiger partial charge in [-0.15, -0.1) is 0 Å². The summed E-state index contributed by atoms with van der Waals surface area (Å²) in [5.41, 5.74) is 0. The third-order valence-electron chi connectivity index (χ3n) is 5.44. The molecule has 5 heteroatoms. The summed E-state index contributed by atoms with van der Waals surface area (Å²) in [6.45, 7) is 3.59. The normalized spacial score (nSPS) is 34.0. The van der Waals surface area contributed by atoms with E-state index in [2.05, 4.69) is 27.0 Å². The van der Waals surface area contributed by atoms with E-state index in [9.17, 15) is 0 Å². The summed E-state index contributed by atoms with van der Waals surface area (Å²) in [4.78, 5) is 11.2. The van der Waals surface area contributed by atoms with Crippen LogP contribution in [0, 0.1) is 11.8 Å². The second kappa shape index (κ2) is 6.88. The fourth-order valence-electron chi connectivity index (χ4n) is 4.26. The van der Waals surface area contributed by atoms with Crippen molar-refractivity contribution in [2.75, 3.05) is 19.6 Å². The van der Waals surface area contributed by atoms with Gasteiger partial charge in [0.2, 0.25) is 0 Å². The molecule has 0 unspecified atom stereocenters. The molecule has 0 spiro atoms. The average Bonchev–Trinajstić information content (AvgIpc) is 3.16. The Bertz CT molecular complexity index is 546. The molecule has 0 aromatic carbocycles. The number of ether oxygens (including phenoxy) is 1. The quantitative estimate of drug-likeness (QED) is 0.793. The van der Waals surface area contributed by atoms with Crippen LogP contribution in [0.1, 0.15) is 31.5 Å². The van der Waals surface area contributed by atoms with Gasteiger partial charge >= 0.3 is 0 Å². The number of nitrogens with zero attached hydrogens (tertiary/aromatic N) is 3. The molecule has 23 heavy (non-hydrogen) atoms. The lowest BCUT2D eigenvalue weighted by Crippen LogP contribution is -2.31. The highest BCUT2D eigenvalue weighted by Crippen LogP contribution is 2.33. The molecule has 0 bridgehead atoms. The Kier molecular flexibility index (Phi) is 4.65. The van der Waals surface area contributed by atoms with Crippen LogP contribution in [0.15, 0.2) is 24.5 Å². The molecule has 0 saturated carbocycles. The SMILES string of the molecule is Clc1cnc(C[C@@H]2CC[C@H](CN3C[C@H]4CC=CC[C@H]4C3)O2)nc1. The van der Waals surface area contributed by atoms with Gasteiger partial charge in [0.1, 0.15) is 5.82 Å². The van der Waals surface area contributed by atoms with Crippen LogP contribution in [-0.4, -0.2) is 46.7 Å². The summed E-state index contributed by atoms with van der Waals surface area (Å²) in [5.74, 6) is 2.58. The zero-order chi connectivity index (χ0) is 15.6. The van der Waals surface area contributed by atoms with Gasteiger partial charge in [0.05, 0.1) is 17.2 Å². The van der Waals surface area contributed by atoms with E-state index in [0.29, 0.717) is 11.1 Å². The minimum Gasteiger partial charge on any atom is -0.373 e. The molecule has 4 nitrogen and oxygen atoms in total. The largest absolute Gasteiger partial charge is 0.373 e. The predicted octanol–water partition coefficient (Wildman–Crippen LogP) is 3.12. The minimum absolute atomic E-state index is 0.257. The van der Waals surface area contributed by atoms with E-state index in [1.807, 2.05) is 0 Å². The van der Waals surface area contributed by atoms with E-state index >= 15 is 0 Å². The first kappa shape index (κ1) is 15.6. The van der Waals surface area contributed by atoms with E-state index < -0.39 is 0 Å². The fourth-order valence-corrected chi connectivity index (χ4v) is 4.36. The maximum absolute atomic E-state index is 6.24. The number of hydrogen-bond acceptors (Lipinski definition) is 4. The van der Waals surface area contributed by atoms with Crippen molar-refractivity contribution in [2.45, 2.75) is 44.3 Å². The number of likely N-dealkylation sites (tertiary alicyclic amines) is 1. The maximum Gasteiger partial charge on any atom is 0.130 e. The zero-order valence-corrected chi connectivity index (χ0v) is 14.2. The summed E-state index contributed by atoms with van der Waals surface area (Å²) in [6, 6.07) is 0. The lowest BCUT2D eigenvalue weighted by molar-refractivity contribution is 0.0257. The number of aromatic nitrogens is 2. The summed E-state index contributed by atoms with van der Waals surface area (Å²) in [7, 11) is 0. The van der Waals surface area contributed by atoms with Crippen LogP contribution in [0.25, 0.3) is 0 Å². The van der Waals surface area contributed by atoms with Crippen molar-refractivity contribution in [3.8, 4) is 0 Å². The molecular formula is C18H24ClN3O. The predicted molar refractivity (Wildman–Crippen MR) is 90.4 cm³/mol. The molecule has 0 amide bonds. The Balaban J connectivity index is 1.25. The number of allylic oxidation sites excluding steroid dienone is 2. The van der Waals surface area contributed by atoms with Crippen LogP contribution >= 0.6 is 11.6 Å². The van der Waals surface area contributed by atoms with E-state index in [0.717, 1.165) is 43.5 Å². The zero-order valence-electron chi connectivity index (χ0n) is 13.4. The molecule has 0 N–H and O–H groups in total. The first-order valence-corrected chi connectivity index (χ1v) is 9.13. The van der Waals surface area contributed by atoms with Gasteiger partial charge in [0.15, 0.2) is 0 Å². The van der Waals surface area contributed by atoms with Gasteiger partial charge in [-0.25, -0.2) is 9.97 Å². The standard InChI is InChI=1S/C18H24ClN3O/c19-15-8-20-18(21-9-15)7-16-5-6-17(23-16)12-22-10-13-3-1-2-4-14(13)11-22/h1-2,8-9,13-14,16-17H,3-7,10-12H2/t13-,14+,16-,17+/m0/s1. The summed E-state index contributed by atoms with van der Waals surface area (Å²) in [6.07, 6.45) is 14.3. The lowest BCUT2D eigenvalue weighted by atomic mass is 9.86. The molecule has 1 aromatic rings. The van der Waals surface area contributed by atoms with Crippen molar-refractivity contribution in [1.82, 2.24) is 14.9 Å². The molecule has 1 aliphatic carbocycles. The minimum atomic E-state index is 0.257. The lowest BCUT2D eigenvalue weighted by Gasteiger charge is -2.21. The molecule has 2 saturated heterocycles. The third-order valence-corrected chi connectivity index (χ3v) is 5.63. The molecule has 0 radical (unpaired) electrons. The van der Waals surface area contributed by atoms with E-state index in [4.69, 9.17) is 16.3 Å². The Hall–Kier alpha value is -0.970. The molecular weight excluding hydrogens is 310 g/mol. The smallest absolute Gasteiger partial charge is 0.130 e. The van der Waals surface area contributed by atoms with Crippen LogP contribution in [-0.2, 0) is 11.2 Å². The highest BCUT2D eigenvalue weighted by atomic mass is 35.5. The number of rotatable bonds is 4. The van der Waals surface area contributed by atoms with Crippen molar-refractivity contribution < 1.29 is 4.74 Å². The van der Waals surface area contributed by atoms with Gasteiger partial charge in [-0.3, -0.25) is 0 Å². The number of fused-ring (bicyclic) bond motifs is 1. The second-order valence-corrected chi connectivity index (χ2v) is 7.60. The molecule has 4 atom stereocenters. The molecule has 2 fully saturated rings. The second-order valence-electron chi connectivity index (χ2n) is 7.16. The monoisotopic (exact) mass is 333 g/mol. The van der Waals surface area contributed by atoms with Crippen LogP contribution in [0.2, 0.25) is 5.02 Å². The van der Waals surface area contributed by atoms with Crippen molar-refractivity contribution in [1.29, 1.82) is 0 Å². The molecule has 1 aromatic heterocycles. The van der Waals surface area contributed by atoms with Gasteiger partial charge in [-0.1, -0.05) is 23.8 Å². The van der Waals surface area contributed by atoms with Crippen LogP contribution in [0.3, 0.4) is 0 Å². The Morgan fingerprint density at radius 2 is 1.70 bits per heavy atom. The van der Waals surface area contributed by atoms with Gasteiger partial charge in [-0.2, -0.15) is 0 Å². The highest BCUT2D eigenvalue weighted by Gasteiger charge is 2.35. The molecule has 2 aliphatic heterocycles. The first-order chi connectivity index (χ1) is 11.3. The summed E-state index contributed by atoms with van der Waals surface area (Å²) in [5, 5.41) is 0.587. The van der Waals surface area contributed by atoms with Gasteiger partial charge in [-0.05, 0) is 37.5 Å². The highest BCUT2D eigenvalue weighted by molar-refractivity contribution is 6.30. The fraction of sp³-hybridized carbons (Fsp3) is 0.667. The molecule has 124 valence electrons. The van der Waals surface area contributed by atoms with Crippen molar-refractivity contribution >= 4 is 11.6 Å². The van der Waals surface area contributed by atoms with Crippen LogP contribution in [0.5, 0.6) is 0 Å². The van der Waals surface area contributed by atoms with Crippen molar-refractivity contribution in [3.63, 3.8) is 0 Å². The van der Waals surface area contributed by atoms with E-state index in [-0.39, 0.29) is 6.10 Å². The topological polar surface area (TPSA) is 38.2 Å². The number of hydrogen-bond donors (Lipinski definition) is 0. The summed E-state index contributed by atoms with van der Waals surface area (Å²) < 4.78 is 6.24. The van der Waals surface area contributed by atoms with E-state index in [1.54, 1.807) is 12.4 Å². The van der Waals surface area contributed by atoms with E-state index in [1.165, 1.54) is 25.9 Å². The van der Waals surface area contributed by atoms with Gasteiger partial charge in [0, 0.05) is 38.4 Å². The molecule has 4 rings (SSSR count). The Morgan fingerprint density at radius 3 is 2.39 bits per heavy atom. The van der Waals surface area contributed by atoms with Crippen molar-refractivity contribution in [2.24, 2.45) is 11.8 Å². The first-order valence-electron chi connectivity index (χ1n) is 8.75. The van der Waals surface area contributed by atoms with Crippen LogP contribution < -0.4 is 0 Å². The third kappa shape index (κ3) is 3.76. The summed E-state index contributed by atoms with van der Waals surface area (Å²) >= 11 is 5.83. The Morgan fingerprint density at radius 1 is 1.04 bits per heavy atom. The number of halogens is 1. The van der Waals surface area contributed by atoms with Gasteiger partial charge in [0.25, 0.3) is 0 Å². The molecule has 3 aliphatic rings. The van der Waals surface area contributed by atoms with Crippen molar-refractivity contribution in [3.05, 3.63) is 35.4 Å². The Labute approximate surface area is 142 Å². The maximum atomic E-state index is 6.24. The molecule has 3 heterocycles. The van der Waals surface area contributed by atoms with Crippen LogP contribution in [0.4, 0.5) is 0 Å². The average molecular weight is 334 g/mol.